The summed E-state index contributed by atoms with van der Waals surface area (Å²) in [6.45, 7) is 7.62. The molecule has 0 aromatic carbocycles. The van der Waals surface area contributed by atoms with Crippen molar-refractivity contribution in [3.05, 3.63) is 23.2 Å². The first-order chi connectivity index (χ1) is 9.76. The van der Waals surface area contributed by atoms with E-state index in [1.165, 1.54) is 10.9 Å². The highest BCUT2D eigenvalue weighted by Crippen LogP contribution is 2.24. The molecule has 0 aliphatic carbocycles. The van der Waals surface area contributed by atoms with Crippen molar-refractivity contribution >= 4 is 15.8 Å². The van der Waals surface area contributed by atoms with E-state index in [0.29, 0.717) is 18.0 Å². The zero-order chi connectivity index (χ0) is 15.8. The Labute approximate surface area is 123 Å². The van der Waals surface area contributed by atoms with Crippen molar-refractivity contribution in [2.45, 2.75) is 45.2 Å². The van der Waals surface area contributed by atoms with Crippen molar-refractivity contribution in [2.75, 3.05) is 5.73 Å². The van der Waals surface area contributed by atoms with Crippen molar-refractivity contribution in [1.29, 1.82) is 0 Å². The zero-order valence-electron chi connectivity index (χ0n) is 12.4. The van der Waals surface area contributed by atoms with Crippen LogP contribution in [0.1, 0.15) is 36.9 Å². The third-order valence-corrected chi connectivity index (χ3v) is 4.78. The highest BCUT2D eigenvalue weighted by Gasteiger charge is 2.26. The molecule has 0 fully saturated rings. The minimum atomic E-state index is -3.77. The first-order valence-corrected chi connectivity index (χ1v) is 8.02. The molecule has 3 N–H and O–H groups in total. The molecule has 0 saturated heterocycles. The van der Waals surface area contributed by atoms with Gasteiger partial charge in [-0.15, -0.1) is 0 Å². The number of anilines is 1. The van der Waals surface area contributed by atoms with Crippen LogP contribution < -0.4 is 10.5 Å². The molecule has 2 heterocycles. The normalized spacial score (nSPS) is 13.5. The molecule has 0 amide bonds. The number of hydrogen-bond donors (Lipinski definition) is 2. The molecule has 2 aromatic heterocycles. The molecule has 0 spiro atoms. The molecule has 1 unspecified atom stereocenters. The van der Waals surface area contributed by atoms with Crippen LogP contribution in [-0.2, 0) is 16.6 Å². The average molecular weight is 313 g/mol. The van der Waals surface area contributed by atoms with Crippen LogP contribution in [0.3, 0.4) is 0 Å². The van der Waals surface area contributed by atoms with Crippen molar-refractivity contribution < 1.29 is 12.9 Å². The van der Waals surface area contributed by atoms with Crippen molar-refractivity contribution in [1.82, 2.24) is 19.7 Å². The first-order valence-electron chi connectivity index (χ1n) is 6.54. The lowest BCUT2D eigenvalue weighted by Gasteiger charge is -2.13. The van der Waals surface area contributed by atoms with Gasteiger partial charge < -0.3 is 10.3 Å². The number of sulfonamides is 1. The van der Waals surface area contributed by atoms with Gasteiger partial charge in [-0.2, -0.15) is 5.10 Å². The largest absolute Gasteiger partial charge is 0.381 e. The lowest BCUT2D eigenvalue weighted by Crippen LogP contribution is -2.27. The van der Waals surface area contributed by atoms with E-state index in [0.717, 1.165) is 5.56 Å². The summed E-state index contributed by atoms with van der Waals surface area (Å²) in [6.07, 6.45) is 1.41. The van der Waals surface area contributed by atoms with Crippen LogP contribution in [0.4, 0.5) is 5.82 Å². The molecule has 8 nitrogen and oxygen atoms in total. The highest BCUT2D eigenvalue weighted by atomic mass is 32.2. The first kappa shape index (κ1) is 15.5. The summed E-state index contributed by atoms with van der Waals surface area (Å²) in [5.41, 5.74) is 7.05. The Balaban J connectivity index is 2.31. The van der Waals surface area contributed by atoms with Crippen LogP contribution >= 0.6 is 0 Å². The molecule has 0 radical (unpaired) electrons. The number of nitrogen functional groups attached to an aromatic ring is 1. The molecule has 0 saturated carbocycles. The average Bonchev–Trinajstić information content (AvgIpc) is 2.92. The topological polar surface area (TPSA) is 116 Å². The molecular formula is C12H19N5O3S. The van der Waals surface area contributed by atoms with Gasteiger partial charge in [-0.3, -0.25) is 4.68 Å². The summed E-state index contributed by atoms with van der Waals surface area (Å²) in [5, 5.41) is 7.77. The molecule has 0 aliphatic rings. The summed E-state index contributed by atoms with van der Waals surface area (Å²) < 4.78 is 33.9. The van der Waals surface area contributed by atoms with Crippen molar-refractivity contribution in [3.8, 4) is 0 Å². The number of aryl methyl sites for hydroxylation is 3. The second-order valence-electron chi connectivity index (χ2n) is 4.82. The van der Waals surface area contributed by atoms with E-state index in [4.69, 9.17) is 10.3 Å². The van der Waals surface area contributed by atoms with E-state index in [2.05, 4.69) is 15.0 Å². The summed E-state index contributed by atoms with van der Waals surface area (Å²) in [4.78, 5) is -0.0250. The predicted octanol–water partition coefficient (Wildman–Crippen LogP) is 1.13. The molecule has 1 atom stereocenters. The molecule has 9 heteroatoms. The van der Waals surface area contributed by atoms with Crippen LogP contribution in [0.15, 0.2) is 15.6 Å². The van der Waals surface area contributed by atoms with Gasteiger partial charge in [0, 0.05) is 24.3 Å². The van der Waals surface area contributed by atoms with Gasteiger partial charge in [0.05, 0.1) is 5.69 Å². The smallest absolute Gasteiger partial charge is 0.246 e. The lowest BCUT2D eigenvalue weighted by atomic mass is 10.1. The lowest BCUT2D eigenvalue weighted by molar-refractivity contribution is 0.391. The monoisotopic (exact) mass is 313 g/mol. The van der Waals surface area contributed by atoms with Gasteiger partial charge in [-0.25, -0.2) is 13.1 Å². The van der Waals surface area contributed by atoms with Crippen LogP contribution in [0.25, 0.3) is 0 Å². The number of hydrogen-bond acceptors (Lipinski definition) is 6. The Morgan fingerprint density at radius 1 is 1.48 bits per heavy atom. The maximum atomic E-state index is 12.4. The zero-order valence-corrected chi connectivity index (χ0v) is 13.2. The molecule has 2 aromatic rings. The van der Waals surface area contributed by atoms with E-state index in [1.807, 2.05) is 6.92 Å². The van der Waals surface area contributed by atoms with Gasteiger partial charge in [-0.1, -0.05) is 5.16 Å². The van der Waals surface area contributed by atoms with Gasteiger partial charge in [-0.05, 0) is 27.7 Å². The fraction of sp³-hybridized carbons (Fsp3) is 0.500. The maximum absolute atomic E-state index is 12.4. The molecule has 116 valence electrons. The number of nitrogens with two attached hydrogens (primary N) is 1. The quantitative estimate of drug-likeness (QED) is 0.854. The summed E-state index contributed by atoms with van der Waals surface area (Å²) >= 11 is 0. The minimum Gasteiger partial charge on any atom is -0.381 e. The highest BCUT2D eigenvalue weighted by molar-refractivity contribution is 7.89. The van der Waals surface area contributed by atoms with E-state index >= 15 is 0 Å². The molecule has 0 bridgehead atoms. The molecule has 21 heavy (non-hydrogen) atoms. The predicted molar refractivity (Wildman–Crippen MR) is 77.0 cm³/mol. The number of nitrogens with one attached hydrogen (secondary N) is 1. The fourth-order valence-corrected chi connectivity index (χ4v) is 3.54. The van der Waals surface area contributed by atoms with E-state index in [-0.39, 0.29) is 10.7 Å². The second kappa shape index (κ2) is 5.49. The molecule has 0 aliphatic heterocycles. The molecular weight excluding hydrogens is 294 g/mol. The Morgan fingerprint density at radius 3 is 2.62 bits per heavy atom. The maximum Gasteiger partial charge on any atom is 0.246 e. The van der Waals surface area contributed by atoms with Crippen LogP contribution in [0.2, 0.25) is 0 Å². The number of rotatable bonds is 5. The SMILES string of the molecule is CCn1cc(S(=O)(=O)NC(C)c2c(C)noc2C)c(N)n1. The van der Waals surface area contributed by atoms with Crippen LogP contribution in [-0.4, -0.2) is 23.4 Å². The number of aromatic nitrogens is 3. The van der Waals surface area contributed by atoms with Crippen LogP contribution in [0, 0.1) is 13.8 Å². The molecule has 2 rings (SSSR count). The van der Waals surface area contributed by atoms with E-state index in [1.54, 1.807) is 20.8 Å². The van der Waals surface area contributed by atoms with Gasteiger partial charge in [0.25, 0.3) is 0 Å². The van der Waals surface area contributed by atoms with Gasteiger partial charge in [0.1, 0.15) is 10.7 Å². The van der Waals surface area contributed by atoms with Crippen molar-refractivity contribution in [2.24, 2.45) is 0 Å². The van der Waals surface area contributed by atoms with E-state index < -0.39 is 16.1 Å². The third kappa shape index (κ3) is 2.93. The van der Waals surface area contributed by atoms with Gasteiger partial charge >= 0.3 is 0 Å². The third-order valence-electron chi connectivity index (χ3n) is 3.22. The second-order valence-corrected chi connectivity index (χ2v) is 6.50. The summed E-state index contributed by atoms with van der Waals surface area (Å²) in [5.74, 6) is 0.565. The fourth-order valence-electron chi connectivity index (χ4n) is 2.25. The summed E-state index contributed by atoms with van der Waals surface area (Å²) in [7, 11) is -3.77. The van der Waals surface area contributed by atoms with E-state index in [9.17, 15) is 8.42 Å². The van der Waals surface area contributed by atoms with Gasteiger partial charge in [0.15, 0.2) is 5.82 Å². The Kier molecular flexibility index (Phi) is 4.06. The Morgan fingerprint density at radius 2 is 2.14 bits per heavy atom. The minimum absolute atomic E-state index is 0.0182. The van der Waals surface area contributed by atoms with Crippen molar-refractivity contribution in [3.63, 3.8) is 0 Å². The Hall–Kier alpha value is -1.87. The summed E-state index contributed by atoms with van der Waals surface area (Å²) in [6, 6.07) is -0.481. The Bertz CT molecular complexity index is 728. The van der Waals surface area contributed by atoms with Gasteiger partial charge in [0.2, 0.25) is 10.0 Å². The van der Waals surface area contributed by atoms with Crippen LogP contribution in [0.5, 0.6) is 0 Å². The number of nitrogens with zero attached hydrogens (tertiary/aromatic N) is 3. The standard InChI is InChI=1S/C12H19N5O3S/c1-5-17-6-10(12(13)14-17)21(18,19)16-8(3)11-7(2)15-20-9(11)4/h6,8,16H,5H2,1-4H3,(H2,13,14).